The number of nitrogens with zero attached hydrogens (tertiary/aromatic N) is 1. The van der Waals surface area contributed by atoms with Crippen molar-refractivity contribution >= 4 is 11.0 Å². The quantitative estimate of drug-likeness (QED) is 0.286. The Bertz CT molecular complexity index is 1410. The first kappa shape index (κ1) is 25.0. The Balaban J connectivity index is 1.75. The van der Waals surface area contributed by atoms with Crippen LogP contribution in [0.25, 0.3) is 22.3 Å². The van der Waals surface area contributed by atoms with Gasteiger partial charge < -0.3 is 28.1 Å². The van der Waals surface area contributed by atoms with Gasteiger partial charge in [-0.25, -0.2) is 0 Å². The van der Waals surface area contributed by atoms with Crippen molar-refractivity contribution in [3.8, 4) is 40.1 Å². The summed E-state index contributed by atoms with van der Waals surface area (Å²) in [7, 11) is 6.49. The molecule has 7 heteroatoms. The second-order valence-corrected chi connectivity index (χ2v) is 7.98. The lowest BCUT2D eigenvalue weighted by atomic mass is 10.1. The lowest BCUT2D eigenvalue weighted by Crippen LogP contribution is -2.07. The molecule has 0 aliphatic heterocycles. The van der Waals surface area contributed by atoms with Crippen LogP contribution in [0.2, 0.25) is 0 Å². The summed E-state index contributed by atoms with van der Waals surface area (Å²) in [5.74, 6) is 4.15. The second-order valence-electron chi connectivity index (χ2n) is 7.98. The molecule has 0 aliphatic carbocycles. The summed E-state index contributed by atoms with van der Waals surface area (Å²) in [4.78, 5) is 4.95. The molecule has 36 heavy (non-hydrogen) atoms. The highest BCUT2D eigenvalue weighted by atomic mass is 16.5. The van der Waals surface area contributed by atoms with E-state index in [0.29, 0.717) is 41.9 Å². The van der Waals surface area contributed by atoms with E-state index < -0.39 is 0 Å². The summed E-state index contributed by atoms with van der Waals surface area (Å²) in [5.41, 5.74) is 2.69. The Morgan fingerprint density at radius 1 is 0.722 bits per heavy atom. The van der Waals surface area contributed by atoms with Gasteiger partial charge in [-0.3, -0.25) is 4.99 Å². The predicted octanol–water partition coefficient (Wildman–Crippen LogP) is 5.68. The predicted molar refractivity (Wildman–Crippen MR) is 140 cm³/mol. The van der Waals surface area contributed by atoms with Gasteiger partial charge in [-0.1, -0.05) is 6.07 Å². The maximum absolute atomic E-state index is 6.27. The molecule has 0 saturated carbocycles. The molecular weight excluding hydrogens is 458 g/mol. The Morgan fingerprint density at radius 2 is 1.42 bits per heavy atom. The summed E-state index contributed by atoms with van der Waals surface area (Å²) >= 11 is 0. The van der Waals surface area contributed by atoms with E-state index >= 15 is 0 Å². The van der Waals surface area contributed by atoms with Crippen molar-refractivity contribution in [2.24, 2.45) is 4.99 Å². The van der Waals surface area contributed by atoms with Crippen LogP contribution < -0.4 is 29.0 Å². The van der Waals surface area contributed by atoms with Crippen LogP contribution in [0.3, 0.4) is 0 Å². The molecular formula is C29H31NO6. The van der Waals surface area contributed by atoms with E-state index in [-0.39, 0.29) is 0 Å². The number of methoxy groups -OCH3 is 4. The van der Waals surface area contributed by atoms with Crippen LogP contribution in [0.5, 0.6) is 28.7 Å². The number of hydrogen-bond donors (Lipinski definition) is 0. The number of rotatable bonds is 10. The SMILES string of the molecule is CCOc1ccc2oc(-c3ccc(OC)c(OC)c3)cc(=NCCc3ccc(OC)c(OC)c3)c2c1. The fourth-order valence-electron chi connectivity index (χ4n) is 4.01. The number of benzene rings is 3. The van der Waals surface area contributed by atoms with Gasteiger partial charge in [-0.2, -0.15) is 0 Å². The zero-order valence-corrected chi connectivity index (χ0v) is 21.3. The molecule has 0 unspecified atom stereocenters. The Kier molecular flexibility index (Phi) is 8.00. The second kappa shape index (κ2) is 11.5. The Hall–Kier alpha value is -4.13. The largest absolute Gasteiger partial charge is 0.494 e. The molecule has 0 bridgehead atoms. The lowest BCUT2D eigenvalue weighted by molar-refractivity contribution is 0.340. The standard InChI is InChI=1S/C29H31NO6/c1-6-35-21-9-12-24-22(17-21)23(30-14-13-19-7-10-25(31-2)28(15-19)33-4)18-27(36-24)20-8-11-26(32-3)29(16-20)34-5/h7-12,15-18H,6,13-14H2,1-5H3. The molecule has 1 aromatic heterocycles. The highest BCUT2D eigenvalue weighted by Gasteiger charge is 2.11. The van der Waals surface area contributed by atoms with Gasteiger partial charge in [0.2, 0.25) is 0 Å². The van der Waals surface area contributed by atoms with Crippen molar-refractivity contribution < 1.29 is 28.1 Å². The maximum atomic E-state index is 6.27. The van der Waals surface area contributed by atoms with Gasteiger partial charge in [0.05, 0.1) is 40.4 Å². The Labute approximate surface area is 210 Å². The van der Waals surface area contributed by atoms with E-state index in [1.54, 1.807) is 28.4 Å². The number of ether oxygens (including phenoxy) is 5. The van der Waals surface area contributed by atoms with Crippen molar-refractivity contribution in [1.82, 2.24) is 0 Å². The first-order valence-electron chi connectivity index (χ1n) is 11.7. The molecule has 0 aliphatic rings. The first-order chi connectivity index (χ1) is 17.6. The van der Waals surface area contributed by atoms with E-state index in [2.05, 4.69) is 0 Å². The van der Waals surface area contributed by atoms with Gasteiger partial charge in [0.1, 0.15) is 17.1 Å². The molecule has 3 aromatic carbocycles. The third-order valence-electron chi connectivity index (χ3n) is 5.82. The van der Waals surface area contributed by atoms with E-state index in [1.807, 2.05) is 67.6 Å². The van der Waals surface area contributed by atoms with Crippen molar-refractivity contribution in [2.45, 2.75) is 13.3 Å². The van der Waals surface area contributed by atoms with E-state index in [4.69, 9.17) is 33.1 Å². The van der Waals surface area contributed by atoms with E-state index in [0.717, 1.165) is 39.6 Å². The summed E-state index contributed by atoms with van der Waals surface area (Å²) in [6.45, 7) is 3.13. The average molecular weight is 490 g/mol. The minimum Gasteiger partial charge on any atom is -0.494 e. The molecule has 0 fully saturated rings. The molecule has 188 valence electrons. The molecule has 4 rings (SSSR count). The third kappa shape index (κ3) is 5.40. The van der Waals surface area contributed by atoms with Gasteiger partial charge in [0.25, 0.3) is 0 Å². The Morgan fingerprint density at radius 3 is 2.11 bits per heavy atom. The minimum atomic E-state index is 0.582. The smallest absolute Gasteiger partial charge is 0.161 e. The lowest BCUT2D eigenvalue weighted by Gasteiger charge is -2.11. The van der Waals surface area contributed by atoms with Crippen molar-refractivity contribution in [3.63, 3.8) is 0 Å². The molecule has 0 N–H and O–H groups in total. The molecule has 0 radical (unpaired) electrons. The highest BCUT2D eigenvalue weighted by molar-refractivity contribution is 5.80. The normalized spacial score (nSPS) is 11.4. The number of hydrogen-bond acceptors (Lipinski definition) is 7. The zero-order valence-electron chi connectivity index (χ0n) is 21.3. The van der Waals surface area contributed by atoms with Gasteiger partial charge in [-0.15, -0.1) is 0 Å². The van der Waals surface area contributed by atoms with Crippen LogP contribution in [0, 0.1) is 0 Å². The molecule has 0 atom stereocenters. The molecule has 0 spiro atoms. The summed E-state index contributed by atoms with van der Waals surface area (Å²) in [6.07, 6.45) is 0.741. The minimum absolute atomic E-state index is 0.582. The van der Waals surface area contributed by atoms with Gasteiger partial charge in [-0.05, 0) is 67.4 Å². The average Bonchev–Trinajstić information content (AvgIpc) is 2.92. The zero-order chi connectivity index (χ0) is 25.5. The summed E-state index contributed by atoms with van der Waals surface area (Å²) in [5, 5.41) is 1.71. The highest BCUT2D eigenvalue weighted by Crippen LogP contribution is 2.33. The first-order valence-corrected chi connectivity index (χ1v) is 11.7. The van der Waals surface area contributed by atoms with Gasteiger partial charge in [0, 0.05) is 23.6 Å². The molecule has 0 amide bonds. The monoisotopic (exact) mass is 489 g/mol. The molecule has 1 heterocycles. The van der Waals surface area contributed by atoms with Crippen LogP contribution in [0.4, 0.5) is 0 Å². The van der Waals surface area contributed by atoms with Crippen molar-refractivity contribution in [1.29, 1.82) is 0 Å². The van der Waals surface area contributed by atoms with Crippen LogP contribution in [-0.4, -0.2) is 41.6 Å². The van der Waals surface area contributed by atoms with Crippen molar-refractivity contribution in [2.75, 3.05) is 41.6 Å². The number of fused-ring (bicyclic) bond motifs is 1. The fraction of sp³-hybridized carbons (Fsp3) is 0.276. The topological polar surface area (TPSA) is 71.7 Å². The third-order valence-corrected chi connectivity index (χ3v) is 5.82. The molecule has 0 saturated heterocycles. The van der Waals surface area contributed by atoms with E-state index in [9.17, 15) is 0 Å². The van der Waals surface area contributed by atoms with Crippen LogP contribution in [0.1, 0.15) is 12.5 Å². The van der Waals surface area contributed by atoms with Gasteiger partial charge >= 0.3 is 0 Å². The van der Waals surface area contributed by atoms with Crippen LogP contribution in [-0.2, 0) is 6.42 Å². The maximum Gasteiger partial charge on any atom is 0.161 e. The van der Waals surface area contributed by atoms with Crippen molar-refractivity contribution in [3.05, 3.63) is 71.6 Å². The van der Waals surface area contributed by atoms with Crippen LogP contribution >= 0.6 is 0 Å². The summed E-state index contributed by atoms with van der Waals surface area (Å²) in [6, 6.07) is 19.4. The fourth-order valence-corrected chi connectivity index (χ4v) is 4.01. The van der Waals surface area contributed by atoms with Gasteiger partial charge in [0.15, 0.2) is 23.0 Å². The molecule has 4 aromatic rings. The van der Waals surface area contributed by atoms with Crippen LogP contribution in [0.15, 0.2) is 70.1 Å². The van der Waals surface area contributed by atoms with E-state index in [1.165, 1.54) is 0 Å². The summed E-state index contributed by atoms with van der Waals surface area (Å²) < 4.78 is 33.6. The molecule has 7 nitrogen and oxygen atoms in total.